The van der Waals surface area contributed by atoms with E-state index in [2.05, 4.69) is 36.7 Å². The summed E-state index contributed by atoms with van der Waals surface area (Å²) in [7, 11) is 0. The number of unbranched alkanes of at least 4 members (excludes halogenated alkanes) is 1. The first-order chi connectivity index (χ1) is 19.4. The zero-order chi connectivity index (χ0) is 30.4. The van der Waals surface area contributed by atoms with Gasteiger partial charge < -0.3 is 21.1 Å². The molecule has 4 N–H and O–H groups in total. The molecule has 0 bridgehead atoms. The number of halogens is 1. The summed E-state index contributed by atoms with van der Waals surface area (Å²) in [5.41, 5.74) is 1.33. The molecule has 0 saturated heterocycles. The van der Waals surface area contributed by atoms with E-state index in [0.717, 1.165) is 42.5 Å². The van der Waals surface area contributed by atoms with Crippen molar-refractivity contribution in [3.8, 4) is 0 Å². The second-order valence-corrected chi connectivity index (χ2v) is 13.3. The van der Waals surface area contributed by atoms with E-state index in [-0.39, 0.29) is 41.6 Å². The van der Waals surface area contributed by atoms with Crippen molar-refractivity contribution in [3.63, 3.8) is 0 Å². The number of carbonyl (C=O) groups excluding carboxylic acids is 3. The predicted octanol–water partition coefficient (Wildman–Crippen LogP) is 5.67. The summed E-state index contributed by atoms with van der Waals surface area (Å²) in [6, 6.07) is 7.29. The van der Waals surface area contributed by atoms with Crippen molar-refractivity contribution in [2.45, 2.75) is 89.9 Å². The molecule has 226 valence electrons. The van der Waals surface area contributed by atoms with E-state index in [1.165, 1.54) is 17.4 Å². The van der Waals surface area contributed by atoms with Crippen molar-refractivity contribution >= 4 is 52.5 Å². The Balaban J connectivity index is 1.91. The van der Waals surface area contributed by atoms with Crippen LogP contribution in [0.4, 0.5) is 10.1 Å². The van der Waals surface area contributed by atoms with Crippen LogP contribution in [-0.4, -0.2) is 51.9 Å². The maximum absolute atomic E-state index is 14.0. The lowest BCUT2D eigenvalue weighted by Gasteiger charge is -2.28. The van der Waals surface area contributed by atoms with Crippen LogP contribution in [0.3, 0.4) is 0 Å². The Morgan fingerprint density at radius 2 is 1.78 bits per heavy atom. The number of amides is 3. The van der Waals surface area contributed by atoms with Crippen LogP contribution in [0.1, 0.15) is 81.0 Å². The van der Waals surface area contributed by atoms with E-state index in [9.17, 15) is 23.6 Å². The number of rotatable bonds is 18. The van der Waals surface area contributed by atoms with Crippen molar-refractivity contribution < 1.29 is 28.7 Å². The Morgan fingerprint density at radius 1 is 1.07 bits per heavy atom. The summed E-state index contributed by atoms with van der Waals surface area (Å²) in [6.45, 7) is 7.96. The van der Waals surface area contributed by atoms with Gasteiger partial charge in [0.1, 0.15) is 11.9 Å². The highest BCUT2D eigenvalue weighted by Crippen LogP contribution is 2.35. The first-order valence-corrected chi connectivity index (χ1v) is 15.8. The van der Waals surface area contributed by atoms with Gasteiger partial charge in [-0.3, -0.25) is 19.2 Å². The number of anilines is 1. The smallest absolute Gasteiger partial charge is 0.303 e. The Labute approximate surface area is 250 Å². The highest BCUT2D eigenvalue weighted by molar-refractivity contribution is 8.01. The molecule has 1 aromatic heterocycles. The molecule has 0 aliphatic carbocycles. The van der Waals surface area contributed by atoms with E-state index in [0.29, 0.717) is 17.0 Å². The van der Waals surface area contributed by atoms with Crippen LogP contribution in [0, 0.1) is 12.7 Å². The van der Waals surface area contributed by atoms with E-state index in [4.69, 9.17) is 5.11 Å². The van der Waals surface area contributed by atoms with Crippen molar-refractivity contribution in [2.24, 2.45) is 0 Å². The third-order valence-corrected chi connectivity index (χ3v) is 9.14. The molecular weight excluding hydrogens is 565 g/mol. The molecule has 1 aromatic carbocycles. The van der Waals surface area contributed by atoms with Gasteiger partial charge in [0.05, 0.1) is 12.3 Å². The van der Waals surface area contributed by atoms with Gasteiger partial charge in [-0.1, -0.05) is 52.2 Å². The van der Waals surface area contributed by atoms with Crippen LogP contribution in [-0.2, 0) is 25.6 Å². The first kappa shape index (κ1) is 34.3. The van der Waals surface area contributed by atoms with E-state index < -0.39 is 23.8 Å². The lowest BCUT2D eigenvalue weighted by atomic mass is 9.98. The topological polar surface area (TPSA) is 125 Å². The van der Waals surface area contributed by atoms with Crippen LogP contribution in [0.5, 0.6) is 0 Å². The second-order valence-electron chi connectivity index (χ2n) is 10.4. The Morgan fingerprint density at radius 3 is 2.37 bits per heavy atom. The zero-order valence-corrected chi connectivity index (χ0v) is 25.9. The average molecular weight is 608 g/mol. The molecule has 0 aliphatic rings. The number of aryl methyl sites for hydroxylation is 1. The first-order valence-electron chi connectivity index (χ1n) is 14.0. The SMILES string of the molecule is CCCCC(C)(CCC)SCC(=O)NCC(=O)N[C@@H](CCC(=O)O)C(=O)Nc1ccc(Cc2sc(C)cc2F)cc1. The van der Waals surface area contributed by atoms with Crippen LogP contribution >= 0.6 is 23.1 Å². The quantitative estimate of drug-likeness (QED) is 0.173. The lowest BCUT2D eigenvalue weighted by Crippen LogP contribution is -2.48. The molecule has 2 atom stereocenters. The predicted molar refractivity (Wildman–Crippen MR) is 164 cm³/mol. The standard InChI is InChI=1S/C30H42FN3O5S2/c1-5-7-15-30(4,14-6-2)40-19-27(36)32-18-26(35)34-24(12-13-28(37)38)29(39)33-22-10-8-21(9-11-22)17-25-23(31)16-20(3)41-25/h8-11,16,24H,5-7,12-15,17-19H2,1-4H3,(H,32,36)(H,33,39)(H,34,35)(H,37,38)/t24-,30?/m0/s1. The Hall–Kier alpha value is -2.92. The van der Waals surface area contributed by atoms with Gasteiger partial charge in [-0.15, -0.1) is 23.1 Å². The molecule has 2 aromatic rings. The summed E-state index contributed by atoms with van der Waals surface area (Å²) in [4.78, 5) is 50.6. The number of aliphatic carboxylic acids is 1. The summed E-state index contributed by atoms with van der Waals surface area (Å²) in [5, 5.41) is 16.9. The molecule has 0 spiro atoms. The Kier molecular flexibility index (Phi) is 14.3. The minimum Gasteiger partial charge on any atom is -0.481 e. The number of benzene rings is 1. The van der Waals surface area contributed by atoms with Crippen molar-refractivity contribution in [1.82, 2.24) is 10.6 Å². The highest BCUT2D eigenvalue weighted by Gasteiger charge is 2.25. The van der Waals surface area contributed by atoms with E-state index in [1.54, 1.807) is 36.0 Å². The minimum atomic E-state index is -1.10. The number of carboxylic acids is 1. The maximum atomic E-state index is 14.0. The number of thioether (sulfide) groups is 1. The molecule has 8 nitrogen and oxygen atoms in total. The minimum absolute atomic E-state index is 0.00175. The normalized spacial score (nSPS) is 13.2. The van der Waals surface area contributed by atoms with Crippen LogP contribution < -0.4 is 16.0 Å². The molecule has 0 radical (unpaired) electrons. The van der Waals surface area contributed by atoms with Crippen molar-refractivity contribution in [3.05, 3.63) is 51.5 Å². The van der Waals surface area contributed by atoms with E-state index >= 15 is 0 Å². The molecule has 2 rings (SSSR count). The monoisotopic (exact) mass is 607 g/mol. The van der Waals surface area contributed by atoms with Gasteiger partial charge in [-0.2, -0.15) is 0 Å². The van der Waals surface area contributed by atoms with Gasteiger partial charge in [-0.25, -0.2) is 4.39 Å². The van der Waals surface area contributed by atoms with Crippen molar-refractivity contribution in [2.75, 3.05) is 17.6 Å². The van der Waals surface area contributed by atoms with Crippen LogP contribution in [0.2, 0.25) is 0 Å². The molecule has 0 aliphatic heterocycles. The third-order valence-electron chi connectivity index (χ3n) is 6.60. The summed E-state index contributed by atoms with van der Waals surface area (Å²) in [6.07, 6.45) is 5.22. The summed E-state index contributed by atoms with van der Waals surface area (Å²) in [5.74, 6) is -2.53. The van der Waals surface area contributed by atoms with Crippen LogP contribution in [0.25, 0.3) is 0 Å². The number of nitrogens with one attached hydrogen (secondary N) is 3. The molecule has 11 heteroatoms. The molecule has 1 heterocycles. The molecule has 0 fully saturated rings. The van der Waals surface area contributed by atoms with Crippen molar-refractivity contribution in [1.29, 1.82) is 0 Å². The Bertz CT molecular complexity index is 1170. The van der Waals surface area contributed by atoms with Crippen LogP contribution in [0.15, 0.2) is 30.3 Å². The van der Waals surface area contributed by atoms with E-state index in [1.807, 2.05) is 6.92 Å². The highest BCUT2D eigenvalue weighted by atomic mass is 32.2. The van der Waals surface area contributed by atoms with Gasteiger partial charge in [0.25, 0.3) is 0 Å². The molecular formula is C30H42FN3O5S2. The fraction of sp³-hybridized carbons (Fsp3) is 0.533. The fourth-order valence-corrected chi connectivity index (χ4v) is 6.54. The number of carboxylic acid groups (broad SMARTS) is 1. The molecule has 1 unspecified atom stereocenters. The average Bonchev–Trinajstić information content (AvgIpc) is 3.24. The number of hydrogen-bond acceptors (Lipinski definition) is 6. The lowest BCUT2D eigenvalue weighted by molar-refractivity contribution is -0.137. The zero-order valence-electron chi connectivity index (χ0n) is 24.3. The largest absolute Gasteiger partial charge is 0.481 e. The molecule has 41 heavy (non-hydrogen) atoms. The molecule has 0 saturated carbocycles. The second kappa shape index (κ2) is 17.1. The van der Waals surface area contributed by atoms with Gasteiger partial charge in [0.2, 0.25) is 17.7 Å². The van der Waals surface area contributed by atoms with Gasteiger partial charge in [0.15, 0.2) is 0 Å². The number of carbonyl (C=O) groups is 4. The van der Waals surface area contributed by atoms with Gasteiger partial charge >= 0.3 is 5.97 Å². The fourth-order valence-electron chi connectivity index (χ4n) is 4.37. The number of thiophene rings is 1. The summed E-state index contributed by atoms with van der Waals surface area (Å²) >= 11 is 2.99. The maximum Gasteiger partial charge on any atom is 0.303 e. The number of hydrogen-bond donors (Lipinski definition) is 4. The molecule has 3 amide bonds. The third kappa shape index (κ3) is 12.6. The van der Waals surface area contributed by atoms with Gasteiger partial charge in [-0.05, 0) is 49.9 Å². The summed E-state index contributed by atoms with van der Waals surface area (Å²) < 4.78 is 14.0. The van der Waals surface area contributed by atoms with Gasteiger partial charge in [0, 0.05) is 33.0 Å².